The van der Waals surface area contributed by atoms with Crippen LogP contribution in [0.2, 0.25) is 0 Å². The Morgan fingerprint density at radius 2 is 1.76 bits per heavy atom. The molecule has 1 spiro atoms. The maximum absolute atomic E-state index is 12.1. The smallest absolute Gasteiger partial charge is 0.213 e. The summed E-state index contributed by atoms with van der Waals surface area (Å²) in [6.07, 6.45) is 8.55. The van der Waals surface area contributed by atoms with E-state index in [2.05, 4.69) is 4.90 Å². The molecule has 0 N–H and O–H groups in total. The predicted octanol–water partition coefficient (Wildman–Crippen LogP) is 1.85. The van der Waals surface area contributed by atoms with Crippen LogP contribution in [0.25, 0.3) is 0 Å². The average Bonchev–Trinajstić information content (AvgIpc) is 2.65. The summed E-state index contributed by atoms with van der Waals surface area (Å²) in [7, 11) is -1.33. The summed E-state index contributed by atoms with van der Waals surface area (Å²) in [5.74, 6) is 0.209. The standard InChI is InChI=1S/C18H34N2O4S/c1-3-25(21,22)19-11-7-16(8-12-19)20-15-17(24-14-13-23-2)18(20)9-5-4-6-10-18/h16-17H,3-15H2,1-2H3/t17-/m0/s1. The summed E-state index contributed by atoms with van der Waals surface area (Å²) in [5, 5.41) is 0. The Morgan fingerprint density at radius 1 is 1.08 bits per heavy atom. The Bertz CT molecular complexity index is 525. The quantitative estimate of drug-likeness (QED) is 0.637. The van der Waals surface area contributed by atoms with E-state index in [9.17, 15) is 8.42 Å². The molecule has 0 aromatic heterocycles. The Hall–Kier alpha value is -0.210. The molecule has 2 aliphatic heterocycles. The van der Waals surface area contributed by atoms with Crippen LogP contribution in [0.1, 0.15) is 51.9 Å². The molecule has 25 heavy (non-hydrogen) atoms. The van der Waals surface area contributed by atoms with E-state index in [0.29, 0.717) is 38.4 Å². The first-order valence-electron chi connectivity index (χ1n) is 9.88. The highest BCUT2D eigenvalue weighted by Crippen LogP contribution is 2.47. The highest BCUT2D eigenvalue weighted by atomic mass is 32.2. The molecule has 7 heteroatoms. The van der Waals surface area contributed by atoms with Gasteiger partial charge >= 0.3 is 0 Å². The van der Waals surface area contributed by atoms with E-state index in [-0.39, 0.29) is 11.3 Å². The molecular formula is C18H34N2O4S. The number of sulfonamides is 1. The lowest BCUT2D eigenvalue weighted by atomic mass is 9.69. The van der Waals surface area contributed by atoms with Crippen molar-refractivity contribution in [3.8, 4) is 0 Å². The molecule has 0 unspecified atom stereocenters. The maximum Gasteiger partial charge on any atom is 0.213 e. The first kappa shape index (κ1) is 19.5. The fourth-order valence-electron chi connectivity index (χ4n) is 4.98. The van der Waals surface area contributed by atoms with Gasteiger partial charge in [0.15, 0.2) is 0 Å². The number of piperidine rings is 1. The van der Waals surface area contributed by atoms with Crippen LogP contribution < -0.4 is 0 Å². The fourth-order valence-corrected chi connectivity index (χ4v) is 6.12. The first-order valence-corrected chi connectivity index (χ1v) is 11.5. The summed E-state index contributed by atoms with van der Waals surface area (Å²) in [4.78, 5) is 2.67. The molecule has 0 bridgehead atoms. The van der Waals surface area contributed by atoms with E-state index in [1.807, 2.05) is 0 Å². The van der Waals surface area contributed by atoms with Gasteiger partial charge < -0.3 is 9.47 Å². The molecule has 0 aromatic rings. The Kier molecular flexibility index (Phi) is 6.42. The minimum Gasteiger partial charge on any atom is -0.382 e. The molecule has 1 saturated carbocycles. The molecule has 2 saturated heterocycles. The molecule has 3 rings (SSSR count). The van der Waals surface area contributed by atoms with Gasteiger partial charge in [-0.05, 0) is 32.6 Å². The predicted molar refractivity (Wildman–Crippen MR) is 98.2 cm³/mol. The van der Waals surface area contributed by atoms with Gasteiger partial charge in [0.25, 0.3) is 0 Å². The molecule has 3 aliphatic rings. The molecule has 6 nitrogen and oxygen atoms in total. The highest BCUT2D eigenvalue weighted by molar-refractivity contribution is 7.89. The van der Waals surface area contributed by atoms with Crippen molar-refractivity contribution in [2.75, 3.05) is 45.7 Å². The van der Waals surface area contributed by atoms with Crippen LogP contribution in [-0.4, -0.2) is 81.0 Å². The second-order valence-corrected chi connectivity index (χ2v) is 9.96. The van der Waals surface area contributed by atoms with Gasteiger partial charge in [-0.15, -0.1) is 0 Å². The third-order valence-electron chi connectivity index (χ3n) is 6.48. The SMILES string of the molecule is CCS(=O)(=O)N1CCC(N2C[C@H](OCCOC)C23CCCCC3)CC1. The molecule has 0 radical (unpaired) electrons. The molecule has 2 heterocycles. The third kappa shape index (κ3) is 3.90. The van der Waals surface area contributed by atoms with Crippen molar-refractivity contribution in [3.05, 3.63) is 0 Å². The summed E-state index contributed by atoms with van der Waals surface area (Å²) in [6, 6.07) is 0.503. The molecule has 0 amide bonds. The minimum atomic E-state index is -3.04. The van der Waals surface area contributed by atoms with Gasteiger partial charge in [0, 0.05) is 38.3 Å². The number of hydrogen-bond acceptors (Lipinski definition) is 5. The zero-order chi connectivity index (χ0) is 17.9. The van der Waals surface area contributed by atoms with Crippen LogP contribution >= 0.6 is 0 Å². The molecular weight excluding hydrogens is 340 g/mol. The normalized spacial score (nSPS) is 29.0. The van der Waals surface area contributed by atoms with Crippen molar-refractivity contribution in [1.82, 2.24) is 9.21 Å². The van der Waals surface area contributed by atoms with Gasteiger partial charge in [-0.25, -0.2) is 12.7 Å². The van der Waals surface area contributed by atoms with Crippen LogP contribution in [0.5, 0.6) is 0 Å². The second kappa shape index (κ2) is 8.21. The van der Waals surface area contributed by atoms with Crippen molar-refractivity contribution in [2.24, 2.45) is 0 Å². The lowest BCUT2D eigenvalue weighted by Crippen LogP contribution is -2.75. The van der Waals surface area contributed by atoms with Crippen molar-refractivity contribution in [1.29, 1.82) is 0 Å². The zero-order valence-electron chi connectivity index (χ0n) is 15.8. The van der Waals surface area contributed by atoms with Crippen molar-refractivity contribution < 1.29 is 17.9 Å². The molecule has 1 atom stereocenters. The van der Waals surface area contributed by atoms with E-state index >= 15 is 0 Å². The van der Waals surface area contributed by atoms with Gasteiger partial charge in [0.2, 0.25) is 10.0 Å². The summed E-state index contributed by atoms with van der Waals surface area (Å²) >= 11 is 0. The monoisotopic (exact) mass is 374 g/mol. The zero-order valence-corrected chi connectivity index (χ0v) is 16.6. The minimum absolute atomic E-state index is 0.197. The van der Waals surface area contributed by atoms with Crippen molar-refractivity contribution in [3.63, 3.8) is 0 Å². The van der Waals surface area contributed by atoms with Crippen LogP contribution in [-0.2, 0) is 19.5 Å². The van der Waals surface area contributed by atoms with Gasteiger partial charge in [-0.2, -0.15) is 0 Å². The third-order valence-corrected chi connectivity index (χ3v) is 8.36. The number of nitrogens with zero attached hydrogens (tertiary/aromatic N) is 2. The van der Waals surface area contributed by atoms with E-state index in [1.54, 1.807) is 18.3 Å². The summed E-state index contributed by atoms with van der Waals surface area (Å²) in [6.45, 7) is 5.39. The lowest BCUT2D eigenvalue weighted by Gasteiger charge is -2.63. The Labute approximate surface area is 152 Å². The molecule has 3 fully saturated rings. The average molecular weight is 375 g/mol. The van der Waals surface area contributed by atoms with E-state index in [0.717, 1.165) is 19.4 Å². The van der Waals surface area contributed by atoms with E-state index in [4.69, 9.17) is 9.47 Å². The number of likely N-dealkylation sites (tertiary alicyclic amines) is 1. The van der Waals surface area contributed by atoms with E-state index in [1.165, 1.54) is 32.1 Å². The van der Waals surface area contributed by atoms with Crippen molar-refractivity contribution >= 4 is 10.0 Å². The first-order chi connectivity index (χ1) is 12.0. The van der Waals surface area contributed by atoms with Crippen molar-refractivity contribution in [2.45, 2.75) is 69.6 Å². The fraction of sp³-hybridized carbons (Fsp3) is 1.00. The number of rotatable bonds is 7. The Balaban J connectivity index is 1.60. The number of ether oxygens (including phenoxy) is 2. The van der Waals surface area contributed by atoms with Gasteiger partial charge in [0.05, 0.1) is 25.1 Å². The molecule has 0 aromatic carbocycles. The number of methoxy groups -OCH3 is 1. The van der Waals surface area contributed by atoms with Crippen LogP contribution in [0, 0.1) is 0 Å². The van der Waals surface area contributed by atoms with Gasteiger partial charge in [0.1, 0.15) is 0 Å². The van der Waals surface area contributed by atoms with E-state index < -0.39 is 10.0 Å². The Morgan fingerprint density at radius 3 is 2.36 bits per heavy atom. The summed E-state index contributed by atoms with van der Waals surface area (Å²) in [5.41, 5.74) is 0.197. The second-order valence-electron chi connectivity index (χ2n) is 7.70. The van der Waals surface area contributed by atoms with Gasteiger partial charge in [-0.1, -0.05) is 19.3 Å². The van der Waals surface area contributed by atoms with Gasteiger partial charge in [-0.3, -0.25) is 4.90 Å². The van der Waals surface area contributed by atoms with Crippen LogP contribution in [0.3, 0.4) is 0 Å². The molecule has 146 valence electrons. The lowest BCUT2D eigenvalue weighted by molar-refractivity contribution is -0.203. The topological polar surface area (TPSA) is 59.1 Å². The maximum atomic E-state index is 12.1. The number of hydrogen-bond donors (Lipinski definition) is 0. The van der Waals surface area contributed by atoms with Crippen LogP contribution in [0.4, 0.5) is 0 Å². The summed E-state index contributed by atoms with van der Waals surface area (Å²) < 4.78 is 37.1. The highest BCUT2D eigenvalue weighted by Gasteiger charge is 2.56. The largest absolute Gasteiger partial charge is 0.382 e. The molecule has 1 aliphatic carbocycles. The van der Waals surface area contributed by atoms with Crippen LogP contribution in [0.15, 0.2) is 0 Å².